The zero-order valence-electron chi connectivity index (χ0n) is 19.6. The summed E-state index contributed by atoms with van der Waals surface area (Å²) >= 11 is 0. The predicted octanol–water partition coefficient (Wildman–Crippen LogP) is 8.04. The first-order valence-electron chi connectivity index (χ1n) is 11.9. The Hall–Kier alpha value is -2.98. The number of aromatic hydroxyl groups is 1. The monoisotopic (exact) mass is 447 g/mol. The van der Waals surface area contributed by atoms with Gasteiger partial charge >= 0.3 is 0 Å². The van der Waals surface area contributed by atoms with Gasteiger partial charge in [-0.1, -0.05) is 50.1 Å². The summed E-state index contributed by atoms with van der Waals surface area (Å²) in [6.45, 7) is 5.19. The lowest BCUT2D eigenvalue weighted by molar-refractivity contribution is 0.0566. The number of benzene rings is 2. The number of unbranched alkanes of at least 4 members (excludes halogenated alkanes) is 3. The van der Waals surface area contributed by atoms with Crippen LogP contribution >= 0.6 is 0 Å². The molecule has 1 aromatic heterocycles. The fourth-order valence-electron chi connectivity index (χ4n) is 3.69. The Morgan fingerprint density at radius 3 is 2.48 bits per heavy atom. The third-order valence-electron chi connectivity index (χ3n) is 5.67. The van der Waals surface area contributed by atoms with Crippen molar-refractivity contribution in [1.29, 1.82) is 0 Å². The summed E-state index contributed by atoms with van der Waals surface area (Å²) < 4.78 is 20.6. The van der Waals surface area contributed by atoms with E-state index in [0.29, 0.717) is 11.7 Å². The Labute approximate surface area is 197 Å². The molecule has 0 spiro atoms. The molecule has 4 heteroatoms. The first kappa shape index (κ1) is 24.7. The van der Waals surface area contributed by atoms with Crippen molar-refractivity contribution in [1.82, 2.24) is 4.98 Å². The molecule has 3 aromatic rings. The maximum absolute atomic E-state index is 14.8. The van der Waals surface area contributed by atoms with Gasteiger partial charge in [0.05, 0.1) is 11.8 Å². The van der Waals surface area contributed by atoms with Crippen molar-refractivity contribution in [2.24, 2.45) is 0 Å². The molecule has 0 fully saturated rings. The molecule has 1 atom stereocenters. The molecule has 1 N–H and O–H groups in total. The lowest BCUT2D eigenvalue weighted by atomic mass is 10.0. The number of halogens is 1. The number of allylic oxidation sites excluding steroid dienone is 1. The fourth-order valence-corrected chi connectivity index (χ4v) is 3.69. The molecular formula is C29H34FNO2. The number of rotatable bonds is 12. The summed E-state index contributed by atoms with van der Waals surface area (Å²) in [4.78, 5) is 4.46. The van der Waals surface area contributed by atoms with Gasteiger partial charge < -0.3 is 9.84 Å². The Morgan fingerprint density at radius 1 is 1.00 bits per heavy atom. The van der Waals surface area contributed by atoms with Gasteiger partial charge in [-0.25, -0.2) is 4.39 Å². The van der Waals surface area contributed by atoms with Crippen LogP contribution in [0.4, 0.5) is 4.39 Å². The van der Waals surface area contributed by atoms with E-state index >= 15 is 0 Å². The molecule has 0 saturated heterocycles. The molecule has 0 amide bonds. The molecule has 33 heavy (non-hydrogen) atoms. The van der Waals surface area contributed by atoms with Gasteiger partial charge in [-0.3, -0.25) is 4.98 Å². The predicted molar refractivity (Wildman–Crippen MR) is 135 cm³/mol. The lowest BCUT2D eigenvalue weighted by Gasteiger charge is -2.12. The molecule has 3 nitrogen and oxygen atoms in total. The number of phenolic OH excluding ortho intramolecular Hbond substituents is 1. The fraction of sp³-hybridized carbons (Fsp3) is 0.345. The topological polar surface area (TPSA) is 42.4 Å². The molecule has 1 heterocycles. The molecule has 1 unspecified atom stereocenters. The molecule has 0 bridgehead atoms. The normalized spacial score (nSPS) is 12.3. The minimum atomic E-state index is -0.259. The molecule has 0 aliphatic heterocycles. The number of pyridine rings is 1. The summed E-state index contributed by atoms with van der Waals surface area (Å²) in [5.41, 5.74) is 3.80. The smallest absolute Gasteiger partial charge is 0.131 e. The average Bonchev–Trinajstić information content (AvgIpc) is 2.82. The van der Waals surface area contributed by atoms with Gasteiger partial charge in [0, 0.05) is 29.5 Å². The molecule has 3 rings (SSSR count). The molecular weight excluding hydrogens is 413 g/mol. The number of hydrogen-bond donors (Lipinski definition) is 1. The molecule has 0 radical (unpaired) electrons. The minimum absolute atomic E-state index is 0.216. The van der Waals surface area contributed by atoms with Crippen LogP contribution in [-0.4, -0.2) is 22.8 Å². The summed E-state index contributed by atoms with van der Waals surface area (Å²) in [6.07, 6.45) is 12.7. The maximum Gasteiger partial charge on any atom is 0.131 e. The highest BCUT2D eigenvalue weighted by Gasteiger charge is 2.07. The maximum atomic E-state index is 14.8. The molecule has 2 aromatic carbocycles. The van der Waals surface area contributed by atoms with Crippen molar-refractivity contribution >= 4 is 6.08 Å². The van der Waals surface area contributed by atoms with Crippen LogP contribution in [0.3, 0.4) is 0 Å². The standard InChI is InChI=1S/C29H34FNO2/c1-3-4-8-19-33-22(2)9-6-5-7-10-23-11-17-27(28(30)20-23)25-14-18-29(31-21-25)24-12-15-26(32)16-13-24/h7,10-18,20-22,32H,3-6,8-9,19H2,1-2H3. The SMILES string of the molecule is CCCCCOC(C)CCCC=Cc1ccc(-c2ccc(-c3ccc(O)cc3)nc2)c(F)c1. The number of phenols is 1. The third kappa shape index (κ3) is 7.83. The van der Waals surface area contributed by atoms with Crippen LogP contribution in [0, 0.1) is 5.82 Å². The summed E-state index contributed by atoms with van der Waals surface area (Å²) in [5, 5.41) is 9.42. The van der Waals surface area contributed by atoms with Gasteiger partial charge in [0.25, 0.3) is 0 Å². The van der Waals surface area contributed by atoms with Gasteiger partial charge in [-0.2, -0.15) is 0 Å². The van der Waals surface area contributed by atoms with Gasteiger partial charge in [0.15, 0.2) is 0 Å². The van der Waals surface area contributed by atoms with E-state index in [-0.39, 0.29) is 11.6 Å². The second kappa shape index (κ2) is 12.9. The van der Waals surface area contributed by atoms with E-state index < -0.39 is 0 Å². The van der Waals surface area contributed by atoms with Crippen LogP contribution in [0.25, 0.3) is 28.5 Å². The summed E-state index contributed by atoms with van der Waals surface area (Å²) in [7, 11) is 0. The highest BCUT2D eigenvalue weighted by Crippen LogP contribution is 2.26. The Morgan fingerprint density at radius 2 is 1.79 bits per heavy atom. The second-order valence-corrected chi connectivity index (χ2v) is 8.44. The van der Waals surface area contributed by atoms with E-state index in [1.807, 2.05) is 24.3 Å². The highest BCUT2D eigenvalue weighted by molar-refractivity contribution is 5.69. The Bertz CT molecular complexity index is 1010. The number of ether oxygens (including phenoxy) is 1. The summed E-state index contributed by atoms with van der Waals surface area (Å²) in [6, 6.07) is 15.9. The van der Waals surface area contributed by atoms with Crippen LogP contribution in [0.1, 0.15) is 57.9 Å². The zero-order valence-corrected chi connectivity index (χ0v) is 19.6. The van der Waals surface area contributed by atoms with Crippen molar-refractivity contribution in [3.8, 4) is 28.1 Å². The van der Waals surface area contributed by atoms with Crippen molar-refractivity contribution in [3.63, 3.8) is 0 Å². The van der Waals surface area contributed by atoms with Gasteiger partial charge in [-0.05, 0) is 74.6 Å². The van der Waals surface area contributed by atoms with E-state index in [9.17, 15) is 9.50 Å². The highest BCUT2D eigenvalue weighted by atomic mass is 19.1. The van der Waals surface area contributed by atoms with Crippen LogP contribution in [0.2, 0.25) is 0 Å². The summed E-state index contributed by atoms with van der Waals surface area (Å²) in [5.74, 6) is -0.0432. The largest absolute Gasteiger partial charge is 0.508 e. The van der Waals surface area contributed by atoms with Crippen molar-refractivity contribution in [2.45, 2.75) is 58.5 Å². The van der Waals surface area contributed by atoms with Crippen molar-refractivity contribution in [2.75, 3.05) is 6.61 Å². The van der Waals surface area contributed by atoms with E-state index in [1.165, 1.54) is 12.8 Å². The van der Waals surface area contributed by atoms with Crippen LogP contribution in [0.15, 0.2) is 66.9 Å². The van der Waals surface area contributed by atoms with Crippen LogP contribution < -0.4 is 0 Å². The molecule has 174 valence electrons. The van der Waals surface area contributed by atoms with Crippen LogP contribution in [0.5, 0.6) is 5.75 Å². The first-order chi connectivity index (χ1) is 16.1. The van der Waals surface area contributed by atoms with E-state index in [1.54, 1.807) is 42.6 Å². The Balaban J connectivity index is 1.51. The van der Waals surface area contributed by atoms with Crippen molar-refractivity contribution < 1.29 is 14.2 Å². The first-order valence-corrected chi connectivity index (χ1v) is 11.9. The minimum Gasteiger partial charge on any atom is -0.508 e. The van der Waals surface area contributed by atoms with Crippen molar-refractivity contribution in [3.05, 3.63) is 78.3 Å². The zero-order chi connectivity index (χ0) is 23.5. The second-order valence-electron chi connectivity index (χ2n) is 8.44. The number of aromatic nitrogens is 1. The van der Waals surface area contributed by atoms with Crippen LogP contribution in [-0.2, 0) is 4.74 Å². The number of nitrogens with zero attached hydrogens (tertiary/aromatic N) is 1. The van der Waals surface area contributed by atoms with E-state index in [4.69, 9.17) is 4.74 Å². The third-order valence-corrected chi connectivity index (χ3v) is 5.67. The molecule has 0 aliphatic carbocycles. The lowest BCUT2D eigenvalue weighted by Crippen LogP contribution is -2.08. The quantitative estimate of drug-likeness (QED) is 0.286. The van der Waals surface area contributed by atoms with Gasteiger partial charge in [0.1, 0.15) is 11.6 Å². The average molecular weight is 448 g/mol. The van der Waals surface area contributed by atoms with E-state index in [2.05, 4.69) is 24.9 Å². The van der Waals surface area contributed by atoms with Gasteiger partial charge in [0.2, 0.25) is 0 Å². The van der Waals surface area contributed by atoms with Gasteiger partial charge in [-0.15, -0.1) is 0 Å². The Kier molecular flexibility index (Phi) is 9.64. The number of hydrogen-bond acceptors (Lipinski definition) is 3. The molecule has 0 saturated carbocycles. The molecule has 0 aliphatic rings. The van der Waals surface area contributed by atoms with E-state index in [0.717, 1.165) is 54.7 Å².